The van der Waals surface area contributed by atoms with Crippen molar-refractivity contribution in [3.05, 3.63) is 39.9 Å². The molecule has 1 rings (SSSR count). The Morgan fingerprint density at radius 2 is 2.19 bits per heavy atom. The van der Waals surface area contributed by atoms with Gasteiger partial charge < -0.3 is 11.1 Å². The quantitative estimate of drug-likeness (QED) is 0.662. The summed E-state index contributed by atoms with van der Waals surface area (Å²) < 4.78 is 0.867. The second kappa shape index (κ2) is 5.70. The van der Waals surface area contributed by atoms with Gasteiger partial charge in [0.15, 0.2) is 0 Å². The van der Waals surface area contributed by atoms with Gasteiger partial charge in [0.05, 0.1) is 5.56 Å². The van der Waals surface area contributed by atoms with Crippen molar-refractivity contribution in [2.45, 2.75) is 13.8 Å². The normalized spacial score (nSPS) is 9.69. The minimum absolute atomic E-state index is 0.150. The average molecular weight is 283 g/mol. The van der Waals surface area contributed by atoms with Gasteiger partial charge in [-0.2, -0.15) is 0 Å². The molecule has 86 valence electrons. The lowest BCUT2D eigenvalue weighted by Gasteiger charge is -2.06. The van der Waals surface area contributed by atoms with Crippen molar-refractivity contribution < 1.29 is 4.79 Å². The first-order valence-corrected chi connectivity index (χ1v) is 5.76. The first-order valence-electron chi connectivity index (χ1n) is 4.97. The van der Waals surface area contributed by atoms with Crippen molar-refractivity contribution in [3.8, 4) is 0 Å². The van der Waals surface area contributed by atoms with Gasteiger partial charge in [0.2, 0.25) is 0 Å². The lowest BCUT2D eigenvalue weighted by atomic mass is 10.1. The summed E-state index contributed by atoms with van der Waals surface area (Å²) in [5.41, 5.74) is 7.90. The summed E-state index contributed by atoms with van der Waals surface area (Å²) in [6, 6.07) is 5.22. The highest BCUT2D eigenvalue weighted by Crippen LogP contribution is 2.18. The molecule has 16 heavy (non-hydrogen) atoms. The van der Waals surface area contributed by atoms with E-state index in [1.54, 1.807) is 18.2 Å². The van der Waals surface area contributed by atoms with Crippen LogP contribution in [0, 0.1) is 0 Å². The highest BCUT2D eigenvalue weighted by atomic mass is 79.9. The number of hydrogen-bond acceptors (Lipinski definition) is 2. The van der Waals surface area contributed by atoms with Crippen LogP contribution in [-0.4, -0.2) is 12.5 Å². The third kappa shape index (κ3) is 3.70. The van der Waals surface area contributed by atoms with Gasteiger partial charge in [0, 0.05) is 16.7 Å². The van der Waals surface area contributed by atoms with Gasteiger partial charge in [-0.25, -0.2) is 0 Å². The molecule has 0 saturated heterocycles. The molecule has 0 aromatic heterocycles. The molecular formula is C12H15BrN2O. The number of nitrogens with two attached hydrogens (primary N) is 1. The summed E-state index contributed by atoms with van der Waals surface area (Å²) in [7, 11) is 0. The molecule has 0 saturated carbocycles. The van der Waals surface area contributed by atoms with Crippen molar-refractivity contribution in [1.29, 1.82) is 0 Å². The molecule has 3 N–H and O–H groups in total. The van der Waals surface area contributed by atoms with E-state index in [0.29, 0.717) is 17.8 Å². The molecule has 1 amide bonds. The van der Waals surface area contributed by atoms with Crippen molar-refractivity contribution in [2.24, 2.45) is 0 Å². The highest BCUT2D eigenvalue weighted by Gasteiger charge is 2.08. The maximum atomic E-state index is 11.7. The van der Waals surface area contributed by atoms with E-state index in [4.69, 9.17) is 5.73 Å². The SMILES string of the molecule is CC(C)=CCNC(=O)c1ccc(Br)cc1N. The summed E-state index contributed by atoms with van der Waals surface area (Å²) in [6.07, 6.45) is 1.95. The van der Waals surface area contributed by atoms with Crippen LogP contribution < -0.4 is 11.1 Å². The Morgan fingerprint density at radius 3 is 2.75 bits per heavy atom. The van der Waals surface area contributed by atoms with E-state index < -0.39 is 0 Å². The lowest BCUT2D eigenvalue weighted by molar-refractivity contribution is 0.0959. The first kappa shape index (κ1) is 12.8. The Bertz CT molecular complexity index is 423. The van der Waals surface area contributed by atoms with Crippen molar-refractivity contribution in [2.75, 3.05) is 12.3 Å². The first-order chi connectivity index (χ1) is 7.50. The predicted octanol–water partition coefficient (Wildman–Crippen LogP) is 2.73. The van der Waals surface area contributed by atoms with Crippen LogP contribution in [0.5, 0.6) is 0 Å². The minimum Gasteiger partial charge on any atom is -0.398 e. The van der Waals surface area contributed by atoms with Gasteiger partial charge in [-0.15, -0.1) is 0 Å². The molecule has 0 aliphatic carbocycles. The Hall–Kier alpha value is -1.29. The van der Waals surface area contributed by atoms with Crippen LogP contribution in [-0.2, 0) is 0 Å². The zero-order valence-electron chi connectivity index (χ0n) is 9.38. The van der Waals surface area contributed by atoms with E-state index >= 15 is 0 Å². The maximum Gasteiger partial charge on any atom is 0.253 e. The van der Waals surface area contributed by atoms with Gasteiger partial charge in [-0.05, 0) is 32.0 Å². The van der Waals surface area contributed by atoms with E-state index in [2.05, 4.69) is 21.2 Å². The van der Waals surface area contributed by atoms with E-state index in [1.165, 1.54) is 5.57 Å². The molecule has 0 aliphatic rings. The third-order valence-electron chi connectivity index (χ3n) is 2.03. The zero-order chi connectivity index (χ0) is 12.1. The standard InChI is InChI=1S/C12H15BrN2O/c1-8(2)5-6-15-12(16)10-4-3-9(13)7-11(10)14/h3-5,7H,6,14H2,1-2H3,(H,15,16). The van der Waals surface area contributed by atoms with Crippen molar-refractivity contribution >= 4 is 27.5 Å². The number of benzene rings is 1. The maximum absolute atomic E-state index is 11.7. The zero-order valence-corrected chi connectivity index (χ0v) is 11.0. The largest absolute Gasteiger partial charge is 0.398 e. The molecule has 0 radical (unpaired) electrons. The molecule has 0 spiro atoms. The van der Waals surface area contributed by atoms with Gasteiger partial charge >= 0.3 is 0 Å². The third-order valence-corrected chi connectivity index (χ3v) is 2.52. The van der Waals surface area contributed by atoms with Gasteiger partial charge in [0.1, 0.15) is 0 Å². The Balaban J connectivity index is 2.70. The van der Waals surface area contributed by atoms with E-state index in [1.807, 2.05) is 19.9 Å². The molecule has 0 aliphatic heterocycles. The second-order valence-corrected chi connectivity index (χ2v) is 4.64. The molecule has 1 aromatic carbocycles. The second-order valence-electron chi connectivity index (χ2n) is 3.72. The van der Waals surface area contributed by atoms with Crippen LogP contribution >= 0.6 is 15.9 Å². The number of carbonyl (C=O) groups excluding carboxylic acids is 1. The summed E-state index contributed by atoms with van der Waals surface area (Å²) in [6.45, 7) is 4.50. The number of anilines is 1. The van der Waals surface area contributed by atoms with Crippen LogP contribution in [0.3, 0.4) is 0 Å². The van der Waals surface area contributed by atoms with Crippen LogP contribution in [0.15, 0.2) is 34.3 Å². The molecule has 0 fully saturated rings. The fourth-order valence-corrected chi connectivity index (χ4v) is 1.56. The molecule has 4 heteroatoms. The number of carbonyl (C=O) groups is 1. The monoisotopic (exact) mass is 282 g/mol. The van der Waals surface area contributed by atoms with Crippen LogP contribution in [0.25, 0.3) is 0 Å². The summed E-state index contributed by atoms with van der Waals surface area (Å²) in [4.78, 5) is 11.7. The van der Waals surface area contributed by atoms with Crippen molar-refractivity contribution in [1.82, 2.24) is 5.32 Å². The number of nitrogens with one attached hydrogen (secondary N) is 1. The number of hydrogen-bond donors (Lipinski definition) is 2. The number of allylic oxidation sites excluding steroid dienone is 1. The summed E-state index contributed by atoms with van der Waals surface area (Å²) in [5, 5.41) is 2.78. The summed E-state index contributed by atoms with van der Waals surface area (Å²) in [5.74, 6) is -0.150. The van der Waals surface area contributed by atoms with E-state index in [0.717, 1.165) is 4.47 Å². The number of nitrogen functional groups attached to an aromatic ring is 1. The molecule has 3 nitrogen and oxygen atoms in total. The Morgan fingerprint density at radius 1 is 1.50 bits per heavy atom. The van der Waals surface area contributed by atoms with Gasteiger partial charge in [-0.1, -0.05) is 27.6 Å². The molecule has 0 unspecified atom stereocenters. The van der Waals surface area contributed by atoms with Crippen LogP contribution in [0.4, 0.5) is 5.69 Å². The average Bonchev–Trinajstić information content (AvgIpc) is 2.16. The molecule has 0 atom stereocenters. The predicted molar refractivity (Wildman–Crippen MR) is 70.3 cm³/mol. The van der Waals surface area contributed by atoms with Gasteiger partial charge in [-0.3, -0.25) is 4.79 Å². The highest BCUT2D eigenvalue weighted by molar-refractivity contribution is 9.10. The number of amides is 1. The Kier molecular flexibility index (Phi) is 4.55. The van der Waals surface area contributed by atoms with E-state index in [-0.39, 0.29) is 5.91 Å². The topological polar surface area (TPSA) is 55.1 Å². The molecular weight excluding hydrogens is 268 g/mol. The number of rotatable bonds is 3. The molecule has 0 bridgehead atoms. The number of halogens is 1. The minimum atomic E-state index is -0.150. The van der Waals surface area contributed by atoms with E-state index in [9.17, 15) is 4.79 Å². The smallest absolute Gasteiger partial charge is 0.253 e. The van der Waals surface area contributed by atoms with Crippen LogP contribution in [0.2, 0.25) is 0 Å². The fourth-order valence-electron chi connectivity index (χ4n) is 1.18. The fraction of sp³-hybridized carbons (Fsp3) is 0.250. The lowest BCUT2D eigenvalue weighted by Crippen LogP contribution is -2.24. The van der Waals surface area contributed by atoms with Crippen LogP contribution in [0.1, 0.15) is 24.2 Å². The van der Waals surface area contributed by atoms with Crippen molar-refractivity contribution in [3.63, 3.8) is 0 Å². The molecule has 0 heterocycles. The van der Waals surface area contributed by atoms with Gasteiger partial charge in [0.25, 0.3) is 5.91 Å². The molecule has 1 aromatic rings. The Labute approximate surface area is 104 Å². The summed E-state index contributed by atoms with van der Waals surface area (Å²) >= 11 is 3.30.